The lowest BCUT2D eigenvalue weighted by Gasteiger charge is -2.16. The number of hydrogen-bond donors (Lipinski definition) is 2. The van der Waals surface area contributed by atoms with E-state index < -0.39 is 15.9 Å². The van der Waals surface area contributed by atoms with Crippen LogP contribution in [0.5, 0.6) is 0 Å². The predicted molar refractivity (Wildman–Crippen MR) is 68.1 cm³/mol. The normalized spacial score (nSPS) is 22.9. The fraction of sp³-hybridized carbons (Fsp3) is 0.700. The number of urea groups is 1. The lowest BCUT2D eigenvalue weighted by Crippen LogP contribution is -2.43. The number of nitrogens with one attached hydrogen (secondary N) is 2. The van der Waals surface area contributed by atoms with Crippen LogP contribution >= 0.6 is 0 Å². The SMILES string of the molecule is C[C@H](NC(=O)N[C@@H]1CCS(=O)(=O)C1)c1nncn1C. The molecule has 0 bridgehead atoms. The van der Waals surface area contributed by atoms with Crippen LogP contribution in [0.1, 0.15) is 25.2 Å². The van der Waals surface area contributed by atoms with E-state index in [2.05, 4.69) is 20.8 Å². The molecule has 0 aromatic carbocycles. The third-order valence-corrected chi connectivity index (χ3v) is 4.82. The first-order valence-electron chi connectivity index (χ1n) is 5.99. The van der Waals surface area contributed by atoms with E-state index in [4.69, 9.17) is 0 Å². The van der Waals surface area contributed by atoms with Crippen molar-refractivity contribution in [1.29, 1.82) is 0 Å². The zero-order chi connectivity index (χ0) is 14.0. The first-order chi connectivity index (χ1) is 8.87. The molecule has 106 valence electrons. The molecule has 1 aliphatic rings. The molecule has 8 nitrogen and oxygen atoms in total. The zero-order valence-corrected chi connectivity index (χ0v) is 11.6. The summed E-state index contributed by atoms with van der Waals surface area (Å²) in [6.07, 6.45) is 2.02. The van der Waals surface area contributed by atoms with Crippen molar-refractivity contribution < 1.29 is 13.2 Å². The topological polar surface area (TPSA) is 106 Å². The highest BCUT2D eigenvalue weighted by Crippen LogP contribution is 2.12. The Morgan fingerprint density at radius 3 is 2.84 bits per heavy atom. The number of carbonyl (C=O) groups excluding carboxylic acids is 1. The molecule has 0 aliphatic carbocycles. The molecule has 0 unspecified atom stereocenters. The third-order valence-electron chi connectivity index (χ3n) is 3.05. The molecule has 0 saturated carbocycles. The smallest absolute Gasteiger partial charge is 0.315 e. The molecule has 0 radical (unpaired) electrons. The number of aryl methyl sites for hydroxylation is 1. The van der Waals surface area contributed by atoms with E-state index in [1.165, 1.54) is 0 Å². The van der Waals surface area contributed by atoms with Crippen LogP contribution in [0.2, 0.25) is 0 Å². The summed E-state index contributed by atoms with van der Waals surface area (Å²) in [5.74, 6) is 0.782. The fourth-order valence-corrected chi connectivity index (χ4v) is 3.75. The minimum Gasteiger partial charge on any atom is -0.334 e. The van der Waals surface area contributed by atoms with Crippen LogP contribution in [-0.4, -0.2) is 46.8 Å². The largest absolute Gasteiger partial charge is 0.334 e. The molecule has 19 heavy (non-hydrogen) atoms. The third kappa shape index (κ3) is 3.43. The van der Waals surface area contributed by atoms with Gasteiger partial charge in [0.25, 0.3) is 0 Å². The second-order valence-electron chi connectivity index (χ2n) is 4.74. The number of aromatic nitrogens is 3. The molecule has 1 saturated heterocycles. The maximum atomic E-state index is 11.8. The summed E-state index contributed by atoms with van der Waals surface area (Å²) in [6.45, 7) is 1.79. The second-order valence-corrected chi connectivity index (χ2v) is 6.97. The molecule has 9 heteroatoms. The van der Waals surface area contributed by atoms with Crippen molar-refractivity contribution in [2.24, 2.45) is 7.05 Å². The van der Waals surface area contributed by atoms with Gasteiger partial charge in [0.15, 0.2) is 15.7 Å². The van der Waals surface area contributed by atoms with Crippen molar-refractivity contribution >= 4 is 15.9 Å². The number of rotatable bonds is 3. The van der Waals surface area contributed by atoms with E-state index in [1.54, 1.807) is 24.9 Å². The Bertz CT molecular complexity index is 567. The summed E-state index contributed by atoms with van der Waals surface area (Å²) >= 11 is 0. The van der Waals surface area contributed by atoms with Gasteiger partial charge in [0.2, 0.25) is 0 Å². The first kappa shape index (κ1) is 13.8. The Balaban J connectivity index is 1.87. The average molecular weight is 287 g/mol. The van der Waals surface area contributed by atoms with Gasteiger partial charge in [-0.25, -0.2) is 13.2 Å². The van der Waals surface area contributed by atoms with Crippen LogP contribution in [0.25, 0.3) is 0 Å². The van der Waals surface area contributed by atoms with E-state index in [-0.39, 0.29) is 23.6 Å². The van der Waals surface area contributed by atoms with Gasteiger partial charge >= 0.3 is 6.03 Å². The summed E-state index contributed by atoms with van der Waals surface area (Å²) in [4.78, 5) is 11.8. The molecule has 1 aromatic rings. The van der Waals surface area contributed by atoms with Crippen LogP contribution in [-0.2, 0) is 16.9 Å². The summed E-state index contributed by atoms with van der Waals surface area (Å²) in [5.41, 5.74) is 0. The highest BCUT2D eigenvalue weighted by atomic mass is 32.2. The Labute approximate surface area is 111 Å². The van der Waals surface area contributed by atoms with E-state index in [0.717, 1.165) is 0 Å². The van der Waals surface area contributed by atoms with Crippen molar-refractivity contribution in [2.45, 2.75) is 25.4 Å². The average Bonchev–Trinajstić information content (AvgIpc) is 2.84. The lowest BCUT2D eigenvalue weighted by atomic mass is 10.2. The van der Waals surface area contributed by atoms with Gasteiger partial charge in [0, 0.05) is 13.1 Å². The highest BCUT2D eigenvalue weighted by molar-refractivity contribution is 7.91. The molecule has 1 aliphatic heterocycles. The van der Waals surface area contributed by atoms with Gasteiger partial charge in [0.05, 0.1) is 17.5 Å². The minimum atomic E-state index is -2.99. The molecule has 0 spiro atoms. The number of amides is 2. The van der Waals surface area contributed by atoms with Gasteiger partial charge in [0.1, 0.15) is 6.33 Å². The van der Waals surface area contributed by atoms with Crippen LogP contribution in [0, 0.1) is 0 Å². The van der Waals surface area contributed by atoms with Crippen molar-refractivity contribution in [3.8, 4) is 0 Å². The molecule has 2 amide bonds. The van der Waals surface area contributed by atoms with Crippen molar-refractivity contribution in [3.05, 3.63) is 12.2 Å². The maximum Gasteiger partial charge on any atom is 0.315 e. The number of nitrogens with zero attached hydrogens (tertiary/aromatic N) is 3. The minimum absolute atomic E-state index is 0.0127. The molecule has 2 N–H and O–H groups in total. The molecule has 2 rings (SSSR count). The number of sulfone groups is 1. The summed E-state index contributed by atoms with van der Waals surface area (Å²) in [5, 5.41) is 13.0. The predicted octanol–water partition coefficient (Wildman–Crippen LogP) is -0.638. The van der Waals surface area contributed by atoms with Gasteiger partial charge in [-0.05, 0) is 13.3 Å². The molecule has 1 aromatic heterocycles. The van der Waals surface area contributed by atoms with E-state index >= 15 is 0 Å². The Morgan fingerprint density at radius 2 is 2.32 bits per heavy atom. The highest BCUT2D eigenvalue weighted by Gasteiger charge is 2.29. The van der Waals surface area contributed by atoms with Gasteiger partial charge in [-0.1, -0.05) is 0 Å². The van der Waals surface area contributed by atoms with E-state index in [1.807, 2.05) is 0 Å². The fourth-order valence-electron chi connectivity index (χ4n) is 2.08. The second kappa shape index (κ2) is 5.16. The molecular formula is C10H17N5O3S. The Kier molecular flexibility index (Phi) is 3.74. The quantitative estimate of drug-likeness (QED) is 0.769. The van der Waals surface area contributed by atoms with E-state index in [0.29, 0.717) is 12.2 Å². The first-order valence-corrected chi connectivity index (χ1v) is 7.81. The van der Waals surface area contributed by atoms with Crippen molar-refractivity contribution in [3.63, 3.8) is 0 Å². The molecular weight excluding hydrogens is 270 g/mol. The van der Waals surface area contributed by atoms with Gasteiger partial charge in [-0.15, -0.1) is 10.2 Å². The summed E-state index contributed by atoms with van der Waals surface area (Å²) in [6, 6.07) is -1.00. The molecule has 1 fully saturated rings. The standard InChI is InChI=1S/C10H17N5O3S/c1-7(9-14-11-6-15(9)2)12-10(16)13-8-3-4-19(17,18)5-8/h6-8H,3-5H2,1-2H3,(H2,12,13,16)/t7-,8+/m0/s1. The van der Waals surface area contributed by atoms with Gasteiger partial charge in [-0.2, -0.15) is 0 Å². The van der Waals surface area contributed by atoms with Crippen molar-refractivity contribution in [2.75, 3.05) is 11.5 Å². The van der Waals surface area contributed by atoms with E-state index in [9.17, 15) is 13.2 Å². The number of hydrogen-bond acceptors (Lipinski definition) is 5. The van der Waals surface area contributed by atoms with Gasteiger partial charge < -0.3 is 15.2 Å². The van der Waals surface area contributed by atoms with Crippen LogP contribution in [0.3, 0.4) is 0 Å². The van der Waals surface area contributed by atoms with Crippen LogP contribution < -0.4 is 10.6 Å². The van der Waals surface area contributed by atoms with Crippen LogP contribution in [0.4, 0.5) is 4.79 Å². The lowest BCUT2D eigenvalue weighted by molar-refractivity contribution is 0.234. The summed E-state index contributed by atoms with van der Waals surface area (Å²) in [7, 11) is -1.20. The Hall–Kier alpha value is -1.64. The Morgan fingerprint density at radius 1 is 1.58 bits per heavy atom. The molecule has 2 heterocycles. The number of carbonyl (C=O) groups is 1. The zero-order valence-electron chi connectivity index (χ0n) is 10.8. The summed E-state index contributed by atoms with van der Waals surface area (Å²) < 4.78 is 24.3. The molecule has 2 atom stereocenters. The maximum absolute atomic E-state index is 11.8. The monoisotopic (exact) mass is 287 g/mol. The van der Waals surface area contributed by atoms with Crippen molar-refractivity contribution in [1.82, 2.24) is 25.4 Å². The van der Waals surface area contributed by atoms with Gasteiger partial charge in [-0.3, -0.25) is 0 Å². The van der Waals surface area contributed by atoms with Crippen LogP contribution in [0.15, 0.2) is 6.33 Å².